The van der Waals surface area contributed by atoms with Gasteiger partial charge in [0.05, 0.1) is 16.7 Å². The molecule has 1 aromatic carbocycles. The van der Waals surface area contributed by atoms with Crippen molar-refractivity contribution in [2.45, 2.75) is 18.5 Å². The third-order valence-corrected chi connectivity index (χ3v) is 2.33. The van der Waals surface area contributed by atoms with Gasteiger partial charge in [-0.15, -0.1) is 0 Å². The largest absolute Gasteiger partial charge is 0.417 e. The van der Waals surface area contributed by atoms with E-state index in [1.807, 2.05) is 0 Å². The molecule has 9 heteroatoms. The van der Waals surface area contributed by atoms with Gasteiger partial charge in [0, 0.05) is 0 Å². The highest BCUT2D eigenvalue weighted by Crippen LogP contribution is 2.47. The average molecular weight is 308 g/mol. The topological polar surface area (TPSA) is 0 Å². The fourth-order valence-corrected chi connectivity index (χ4v) is 1.62. The van der Waals surface area contributed by atoms with Crippen LogP contribution in [0.2, 0.25) is 0 Å². The van der Waals surface area contributed by atoms with Crippen molar-refractivity contribution in [2.24, 2.45) is 0 Å². The second-order valence-electron chi connectivity index (χ2n) is 3.65. The van der Waals surface area contributed by atoms with E-state index in [-0.39, 0.29) is 6.07 Å². The normalized spacial score (nSPS) is 13.4. The molecule has 0 unspecified atom stereocenters. The molecule has 0 spiro atoms. The third kappa shape index (κ3) is 3.07. The van der Waals surface area contributed by atoms with Gasteiger partial charge < -0.3 is 0 Å². The van der Waals surface area contributed by atoms with E-state index < -0.39 is 40.8 Å². The van der Waals surface area contributed by atoms with Crippen molar-refractivity contribution in [3.8, 4) is 0 Å². The first-order valence-corrected chi connectivity index (χ1v) is 4.81. The van der Waals surface area contributed by atoms with E-state index in [0.717, 1.165) is 0 Å². The van der Waals surface area contributed by atoms with Crippen LogP contribution in [0.25, 0.3) is 6.08 Å². The molecule has 1 aromatic rings. The summed E-state index contributed by atoms with van der Waals surface area (Å²) in [4.78, 5) is 0. The minimum absolute atomic E-state index is 0.0466. The molecule has 0 radical (unpaired) electrons. The molecule has 0 aliphatic carbocycles. The zero-order chi connectivity index (χ0) is 15.9. The Labute approximate surface area is 106 Å². The molecule has 20 heavy (non-hydrogen) atoms. The SMILES string of the molecule is C=Cc1ccc(C(F)(F)F)c(C(F)(F)F)c1C(F)(F)F. The Morgan fingerprint density at radius 1 is 0.700 bits per heavy atom. The quantitative estimate of drug-likeness (QED) is 0.611. The van der Waals surface area contributed by atoms with E-state index in [1.165, 1.54) is 0 Å². The van der Waals surface area contributed by atoms with Crippen molar-refractivity contribution in [2.75, 3.05) is 0 Å². The summed E-state index contributed by atoms with van der Waals surface area (Å²) in [7, 11) is 0. The van der Waals surface area contributed by atoms with Gasteiger partial charge in [0.25, 0.3) is 0 Å². The van der Waals surface area contributed by atoms with Gasteiger partial charge >= 0.3 is 18.5 Å². The van der Waals surface area contributed by atoms with Crippen LogP contribution in [-0.2, 0) is 18.5 Å². The Morgan fingerprint density at radius 2 is 1.15 bits per heavy atom. The molecule has 1 rings (SSSR count). The lowest BCUT2D eigenvalue weighted by atomic mass is 9.94. The standard InChI is InChI=1S/C11H5F9/c1-2-5-3-4-6(9(12,13)14)8(11(18,19)20)7(5)10(15,16)17/h2-4H,1H2. The van der Waals surface area contributed by atoms with Crippen molar-refractivity contribution >= 4 is 6.08 Å². The van der Waals surface area contributed by atoms with E-state index in [0.29, 0.717) is 12.1 Å². The minimum atomic E-state index is -5.81. The van der Waals surface area contributed by atoms with Gasteiger partial charge in [-0.05, 0) is 11.6 Å². The number of benzene rings is 1. The lowest BCUT2D eigenvalue weighted by molar-refractivity contribution is -0.174. The zero-order valence-corrected chi connectivity index (χ0v) is 9.34. The van der Waals surface area contributed by atoms with Crippen LogP contribution in [0.5, 0.6) is 0 Å². The summed E-state index contributed by atoms with van der Waals surface area (Å²) in [6.45, 7) is 2.87. The first-order chi connectivity index (χ1) is 8.80. The molecule has 0 nitrogen and oxygen atoms in total. The lowest BCUT2D eigenvalue weighted by Crippen LogP contribution is -2.24. The smallest absolute Gasteiger partial charge is 0.166 e. The second kappa shape index (κ2) is 4.71. The molecule has 0 aliphatic rings. The van der Waals surface area contributed by atoms with E-state index in [1.54, 1.807) is 0 Å². The van der Waals surface area contributed by atoms with Crippen molar-refractivity contribution in [3.05, 3.63) is 41.0 Å². The lowest BCUT2D eigenvalue weighted by Gasteiger charge is -2.22. The summed E-state index contributed by atoms with van der Waals surface area (Å²) in [6.07, 6.45) is -16.6. The van der Waals surface area contributed by atoms with Crippen LogP contribution in [0.1, 0.15) is 22.3 Å². The van der Waals surface area contributed by atoms with Gasteiger partial charge in [-0.3, -0.25) is 0 Å². The minimum Gasteiger partial charge on any atom is -0.166 e. The predicted molar refractivity (Wildman–Crippen MR) is 51.5 cm³/mol. The second-order valence-corrected chi connectivity index (χ2v) is 3.65. The van der Waals surface area contributed by atoms with Gasteiger partial charge in [0.1, 0.15) is 0 Å². The molecule has 112 valence electrons. The van der Waals surface area contributed by atoms with Gasteiger partial charge in [0.15, 0.2) is 0 Å². The molecular formula is C11H5F9. The number of rotatable bonds is 1. The molecule has 0 saturated carbocycles. The van der Waals surface area contributed by atoms with Gasteiger partial charge in [-0.25, -0.2) is 0 Å². The van der Waals surface area contributed by atoms with Gasteiger partial charge in [-0.2, -0.15) is 39.5 Å². The van der Waals surface area contributed by atoms with E-state index in [9.17, 15) is 39.5 Å². The summed E-state index contributed by atoms with van der Waals surface area (Å²) in [5, 5.41) is 0. The van der Waals surface area contributed by atoms with Gasteiger partial charge in [0.2, 0.25) is 0 Å². The first kappa shape index (κ1) is 16.4. The molecule has 0 aliphatic heterocycles. The Bertz CT molecular complexity index is 516. The van der Waals surface area contributed by atoms with Crippen LogP contribution in [0, 0.1) is 0 Å². The molecule has 0 fully saturated rings. The van der Waals surface area contributed by atoms with Crippen LogP contribution in [0.3, 0.4) is 0 Å². The van der Waals surface area contributed by atoms with Crippen LogP contribution < -0.4 is 0 Å². The maximum atomic E-state index is 12.7. The van der Waals surface area contributed by atoms with Gasteiger partial charge in [-0.1, -0.05) is 18.7 Å². The number of alkyl halides is 9. The summed E-state index contributed by atoms with van der Waals surface area (Å²) in [5.74, 6) is 0. The Balaban J connectivity index is 3.91. The molecule has 0 atom stereocenters. The van der Waals surface area contributed by atoms with Crippen molar-refractivity contribution in [1.29, 1.82) is 0 Å². The van der Waals surface area contributed by atoms with Crippen LogP contribution in [0.4, 0.5) is 39.5 Å². The summed E-state index contributed by atoms with van der Waals surface area (Å²) in [5.41, 5.74) is -8.61. The molecule has 0 bridgehead atoms. The molecule has 0 aromatic heterocycles. The maximum Gasteiger partial charge on any atom is 0.417 e. The fourth-order valence-electron chi connectivity index (χ4n) is 1.62. The molecular weight excluding hydrogens is 303 g/mol. The van der Waals surface area contributed by atoms with E-state index >= 15 is 0 Å². The Kier molecular flexibility index (Phi) is 3.86. The Hall–Kier alpha value is -1.67. The number of hydrogen-bond donors (Lipinski definition) is 0. The maximum absolute atomic E-state index is 12.7. The van der Waals surface area contributed by atoms with Crippen molar-refractivity contribution < 1.29 is 39.5 Å². The zero-order valence-electron chi connectivity index (χ0n) is 9.34. The number of halogens is 9. The summed E-state index contributed by atoms with van der Waals surface area (Å²) >= 11 is 0. The molecule has 0 saturated heterocycles. The summed E-state index contributed by atoms with van der Waals surface area (Å²) in [6, 6.07) is 0.253. The molecule has 0 N–H and O–H groups in total. The third-order valence-electron chi connectivity index (χ3n) is 2.33. The predicted octanol–water partition coefficient (Wildman–Crippen LogP) is 5.39. The highest BCUT2D eigenvalue weighted by Gasteiger charge is 2.50. The van der Waals surface area contributed by atoms with E-state index in [4.69, 9.17) is 0 Å². The van der Waals surface area contributed by atoms with Crippen LogP contribution in [0.15, 0.2) is 18.7 Å². The Morgan fingerprint density at radius 3 is 1.45 bits per heavy atom. The first-order valence-electron chi connectivity index (χ1n) is 4.81. The monoisotopic (exact) mass is 308 g/mol. The fraction of sp³-hybridized carbons (Fsp3) is 0.273. The summed E-state index contributed by atoms with van der Waals surface area (Å²) < 4.78 is 113. The average Bonchev–Trinajstić information content (AvgIpc) is 2.23. The highest BCUT2D eigenvalue weighted by atomic mass is 19.4. The van der Waals surface area contributed by atoms with Crippen molar-refractivity contribution in [3.63, 3.8) is 0 Å². The van der Waals surface area contributed by atoms with Crippen molar-refractivity contribution in [1.82, 2.24) is 0 Å². The molecule has 0 amide bonds. The van der Waals surface area contributed by atoms with E-state index in [2.05, 4.69) is 6.58 Å². The highest BCUT2D eigenvalue weighted by molar-refractivity contribution is 5.58. The number of hydrogen-bond acceptors (Lipinski definition) is 0. The molecule has 0 heterocycles. The van der Waals surface area contributed by atoms with Crippen LogP contribution >= 0.6 is 0 Å². The van der Waals surface area contributed by atoms with Crippen LogP contribution in [-0.4, -0.2) is 0 Å².